The molecule has 0 aromatic carbocycles. The summed E-state index contributed by atoms with van der Waals surface area (Å²) < 4.78 is 37.6. The van der Waals surface area contributed by atoms with Crippen molar-refractivity contribution >= 4 is 0 Å². The molecule has 0 aromatic rings. The van der Waals surface area contributed by atoms with Crippen molar-refractivity contribution in [3.8, 4) is 0 Å². The van der Waals surface area contributed by atoms with Crippen LogP contribution in [0.5, 0.6) is 0 Å². The molecule has 1 heterocycles. The van der Waals surface area contributed by atoms with Crippen LogP contribution in [0.15, 0.2) is 0 Å². The van der Waals surface area contributed by atoms with Crippen molar-refractivity contribution in [3.05, 3.63) is 0 Å². The Balaban J connectivity index is 2.51. The largest absolute Gasteiger partial charge is 0.396 e. The number of aliphatic hydroxyl groups is 1. The molecule has 0 aliphatic carbocycles. The lowest BCUT2D eigenvalue weighted by Gasteiger charge is -2.19. The molecular weight excluding hydrogens is 209 g/mol. The lowest BCUT2D eigenvalue weighted by molar-refractivity contribution is -0.183. The molecule has 0 bridgehead atoms. The van der Waals surface area contributed by atoms with Crippen LogP contribution in [0.25, 0.3) is 0 Å². The molecular formula is C9H17F3N2O. The first kappa shape index (κ1) is 12.7. The minimum Gasteiger partial charge on any atom is -0.396 e. The summed E-state index contributed by atoms with van der Waals surface area (Å²) in [6, 6.07) is 0. The fourth-order valence-electron chi connectivity index (χ4n) is 2.01. The lowest BCUT2D eigenvalue weighted by atomic mass is 9.97. The fraction of sp³-hybridized carbons (Fsp3) is 1.00. The van der Waals surface area contributed by atoms with E-state index in [9.17, 15) is 13.2 Å². The van der Waals surface area contributed by atoms with Crippen LogP contribution < -0.4 is 5.73 Å². The summed E-state index contributed by atoms with van der Waals surface area (Å²) in [7, 11) is 0. The van der Waals surface area contributed by atoms with Gasteiger partial charge in [0.15, 0.2) is 0 Å². The van der Waals surface area contributed by atoms with Gasteiger partial charge in [-0.05, 0) is 19.5 Å². The number of hydrogen-bond acceptors (Lipinski definition) is 3. The Morgan fingerprint density at radius 2 is 2.00 bits per heavy atom. The van der Waals surface area contributed by atoms with Crippen LogP contribution in [0.3, 0.4) is 0 Å². The molecule has 0 unspecified atom stereocenters. The molecule has 1 fully saturated rings. The maximum Gasteiger partial charge on any atom is 0.393 e. The van der Waals surface area contributed by atoms with Crippen molar-refractivity contribution in [2.75, 3.05) is 32.8 Å². The normalized spacial score (nSPS) is 28.6. The lowest BCUT2D eigenvalue weighted by Crippen LogP contribution is -2.31. The third kappa shape index (κ3) is 3.32. The van der Waals surface area contributed by atoms with Crippen LogP contribution in [0.2, 0.25) is 0 Å². The highest BCUT2D eigenvalue weighted by Crippen LogP contribution is 2.37. The SMILES string of the molecule is NCCCN1C[C@@H](CO)[C@@H](C(F)(F)F)C1. The summed E-state index contributed by atoms with van der Waals surface area (Å²) in [4.78, 5) is 1.73. The number of hydrogen-bond donors (Lipinski definition) is 2. The average Bonchev–Trinajstić information content (AvgIpc) is 2.57. The zero-order valence-electron chi connectivity index (χ0n) is 8.50. The fourth-order valence-corrected chi connectivity index (χ4v) is 2.01. The number of nitrogens with zero attached hydrogens (tertiary/aromatic N) is 1. The number of alkyl halides is 3. The minimum atomic E-state index is -4.20. The van der Waals surface area contributed by atoms with Crippen molar-refractivity contribution in [1.29, 1.82) is 0 Å². The summed E-state index contributed by atoms with van der Waals surface area (Å²) in [5.41, 5.74) is 5.30. The molecule has 0 saturated carbocycles. The predicted molar refractivity (Wildman–Crippen MR) is 50.2 cm³/mol. The summed E-state index contributed by atoms with van der Waals surface area (Å²) >= 11 is 0. The van der Waals surface area contributed by atoms with Crippen LogP contribution in [0.1, 0.15) is 6.42 Å². The first-order valence-corrected chi connectivity index (χ1v) is 5.09. The molecule has 1 rings (SSSR count). The Morgan fingerprint density at radius 1 is 1.33 bits per heavy atom. The number of halogens is 3. The zero-order valence-corrected chi connectivity index (χ0v) is 8.50. The van der Waals surface area contributed by atoms with Crippen molar-refractivity contribution in [2.45, 2.75) is 12.6 Å². The second kappa shape index (κ2) is 5.14. The van der Waals surface area contributed by atoms with E-state index in [1.54, 1.807) is 4.90 Å². The van der Waals surface area contributed by atoms with Gasteiger partial charge in [-0.1, -0.05) is 0 Å². The molecule has 15 heavy (non-hydrogen) atoms. The van der Waals surface area contributed by atoms with Crippen LogP contribution in [-0.4, -0.2) is 49.0 Å². The molecule has 90 valence electrons. The first-order chi connectivity index (χ1) is 6.99. The van der Waals surface area contributed by atoms with E-state index in [0.717, 1.165) is 0 Å². The number of rotatable bonds is 4. The topological polar surface area (TPSA) is 49.5 Å². The minimum absolute atomic E-state index is 0.00523. The molecule has 1 aliphatic heterocycles. The van der Waals surface area contributed by atoms with Gasteiger partial charge < -0.3 is 15.7 Å². The molecule has 1 aliphatic rings. The van der Waals surface area contributed by atoms with Crippen molar-refractivity contribution in [1.82, 2.24) is 4.90 Å². The standard InChI is InChI=1S/C9H17F3N2O/c10-9(11,12)8-5-14(3-1-2-13)4-7(8)6-15/h7-8,15H,1-6,13H2/t7-,8-/m0/s1. The van der Waals surface area contributed by atoms with Crippen LogP contribution in [0.4, 0.5) is 13.2 Å². The second-order valence-corrected chi connectivity index (χ2v) is 3.99. The Morgan fingerprint density at radius 3 is 2.40 bits per heavy atom. The molecule has 2 atom stereocenters. The van der Waals surface area contributed by atoms with E-state index in [1.807, 2.05) is 0 Å². The van der Waals surface area contributed by atoms with Gasteiger partial charge in [0, 0.05) is 25.6 Å². The van der Waals surface area contributed by atoms with E-state index in [0.29, 0.717) is 26.1 Å². The van der Waals surface area contributed by atoms with E-state index in [1.165, 1.54) is 0 Å². The third-order valence-corrected chi connectivity index (χ3v) is 2.85. The second-order valence-electron chi connectivity index (χ2n) is 3.99. The quantitative estimate of drug-likeness (QED) is 0.731. The van der Waals surface area contributed by atoms with E-state index < -0.39 is 24.6 Å². The highest BCUT2D eigenvalue weighted by Gasteiger charge is 2.48. The summed E-state index contributed by atoms with van der Waals surface area (Å²) in [5, 5.41) is 8.89. The molecule has 0 aromatic heterocycles. The number of nitrogens with two attached hydrogens (primary N) is 1. The van der Waals surface area contributed by atoms with E-state index in [2.05, 4.69) is 0 Å². The Hall–Kier alpha value is -0.330. The van der Waals surface area contributed by atoms with Gasteiger partial charge in [0.05, 0.1) is 5.92 Å². The van der Waals surface area contributed by atoms with Crippen LogP contribution >= 0.6 is 0 Å². The Kier molecular flexibility index (Phi) is 4.36. The van der Waals surface area contributed by atoms with Crippen LogP contribution in [-0.2, 0) is 0 Å². The van der Waals surface area contributed by atoms with Gasteiger partial charge in [-0.2, -0.15) is 13.2 Å². The van der Waals surface area contributed by atoms with Crippen LogP contribution in [0, 0.1) is 11.8 Å². The van der Waals surface area contributed by atoms with E-state index in [4.69, 9.17) is 10.8 Å². The van der Waals surface area contributed by atoms with Gasteiger partial charge in [-0.15, -0.1) is 0 Å². The number of aliphatic hydroxyl groups excluding tert-OH is 1. The highest BCUT2D eigenvalue weighted by atomic mass is 19.4. The highest BCUT2D eigenvalue weighted by molar-refractivity contribution is 4.87. The molecule has 3 N–H and O–H groups in total. The van der Waals surface area contributed by atoms with Gasteiger partial charge in [0.25, 0.3) is 0 Å². The van der Waals surface area contributed by atoms with Gasteiger partial charge in [-0.25, -0.2) is 0 Å². The summed E-state index contributed by atoms with van der Waals surface area (Å²) in [6.07, 6.45) is -3.51. The molecule has 6 heteroatoms. The van der Waals surface area contributed by atoms with E-state index in [-0.39, 0.29) is 6.54 Å². The molecule has 0 radical (unpaired) electrons. The van der Waals surface area contributed by atoms with Gasteiger partial charge >= 0.3 is 6.18 Å². The Labute approximate surface area is 87.0 Å². The molecule has 0 spiro atoms. The summed E-state index contributed by atoms with van der Waals surface area (Å²) in [5.74, 6) is -2.07. The molecule has 1 saturated heterocycles. The maximum absolute atomic E-state index is 12.5. The first-order valence-electron chi connectivity index (χ1n) is 5.09. The van der Waals surface area contributed by atoms with E-state index >= 15 is 0 Å². The van der Waals surface area contributed by atoms with Gasteiger partial charge in [0.1, 0.15) is 0 Å². The zero-order chi connectivity index (χ0) is 11.5. The van der Waals surface area contributed by atoms with Gasteiger partial charge in [0.2, 0.25) is 0 Å². The molecule has 0 amide bonds. The average molecular weight is 226 g/mol. The third-order valence-electron chi connectivity index (χ3n) is 2.85. The number of likely N-dealkylation sites (tertiary alicyclic amines) is 1. The molecule has 3 nitrogen and oxygen atoms in total. The Bertz CT molecular complexity index is 198. The maximum atomic E-state index is 12.5. The summed E-state index contributed by atoms with van der Waals surface area (Å²) in [6.45, 7) is 0.981. The smallest absolute Gasteiger partial charge is 0.393 e. The monoisotopic (exact) mass is 226 g/mol. The van der Waals surface area contributed by atoms with Crippen molar-refractivity contribution < 1.29 is 18.3 Å². The predicted octanol–water partition coefficient (Wildman–Crippen LogP) is 0.438. The van der Waals surface area contributed by atoms with Gasteiger partial charge in [-0.3, -0.25) is 0 Å². The van der Waals surface area contributed by atoms with Crippen molar-refractivity contribution in [2.24, 2.45) is 17.6 Å². The van der Waals surface area contributed by atoms with Crippen molar-refractivity contribution in [3.63, 3.8) is 0 Å².